The van der Waals surface area contributed by atoms with Gasteiger partial charge >= 0.3 is 0 Å². The van der Waals surface area contributed by atoms with Crippen LogP contribution < -0.4 is 10.2 Å². The predicted molar refractivity (Wildman–Crippen MR) is 78.2 cm³/mol. The highest BCUT2D eigenvalue weighted by atomic mass is 16.6. The Kier molecular flexibility index (Phi) is 4.42. The van der Waals surface area contributed by atoms with Crippen molar-refractivity contribution in [2.45, 2.75) is 32.4 Å². The van der Waals surface area contributed by atoms with Crippen LogP contribution >= 0.6 is 0 Å². The van der Waals surface area contributed by atoms with Crippen LogP contribution in [0.1, 0.15) is 31.9 Å². The summed E-state index contributed by atoms with van der Waals surface area (Å²) in [5.74, 6) is -0.0965. The molecule has 1 aromatic rings. The molecule has 2 N–H and O–H groups in total. The number of aliphatic hydroxyl groups is 1. The standard InChI is InChI=1S/C14H19N3O4/c1-9(18)11-3-4-13(14(7-11)17(20)21)16-6-5-12(8-16)15-10(2)19/h3-4,7,9,12,18H,5-6,8H2,1-2H3,(H,15,19)/t9-,12?/m0/s1. The van der Waals surface area contributed by atoms with E-state index in [1.54, 1.807) is 19.1 Å². The van der Waals surface area contributed by atoms with E-state index in [0.29, 0.717) is 24.3 Å². The van der Waals surface area contributed by atoms with Gasteiger partial charge in [0.05, 0.1) is 11.0 Å². The molecule has 0 bridgehead atoms. The summed E-state index contributed by atoms with van der Waals surface area (Å²) in [4.78, 5) is 23.8. The number of hydrogen-bond donors (Lipinski definition) is 2. The average molecular weight is 293 g/mol. The summed E-state index contributed by atoms with van der Waals surface area (Å²) in [5, 5.41) is 23.6. The highest BCUT2D eigenvalue weighted by molar-refractivity contribution is 5.73. The van der Waals surface area contributed by atoms with Gasteiger partial charge in [0.1, 0.15) is 5.69 Å². The van der Waals surface area contributed by atoms with E-state index in [1.807, 2.05) is 4.90 Å². The molecular weight excluding hydrogens is 274 g/mol. The van der Waals surface area contributed by atoms with Gasteiger partial charge < -0.3 is 15.3 Å². The topological polar surface area (TPSA) is 95.7 Å². The predicted octanol–water partition coefficient (Wildman–Crippen LogP) is 1.36. The van der Waals surface area contributed by atoms with Crippen molar-refractivity contribution in [3.63, 3.8) is 0 Å². The number of nitro groups is 1. The minimum Gasteiger partial charge on any atom is -0.389 e. The molecule has 1 aliphatic heterocycles. The zero-order valence-electron chi connectivity index (χ0n) is 12.1. The third-order valence-corrected chi connectivity index (χ3v) is 3.61. The number of aliphatic hydroxyl groups excluding tert-OH is 1. The van der Waals surface area contributed by atoms with E-state index in [2.05, 4.69) is 5.32 Å². The minimum atomic E-state index is -0.747. The molecule has 2 rings (SSSR count). The average Bonchev–Trinajstić information content (AvgIpc) is 2.85. The van der Waals surface area contributed by atoms with Crippen LogP contribution in [-0.2, 0) is 4.79 Å². The molecule has 1 unspecified atom stereocenters. The Balaban J connectivity index is 2.24. The SMILES string of the molecule is CC(=O)NC1CCN(c2ccc([C@H](C)O)cc2[N+](=O)[O-])C1. The van der Waals surface area contributed by atoms with Crippen molar-refractivity contribution in [1.29, 1.82) is 0 Å². The van der Waals surface area contributed by atoms with Crippen LogP contribution in [-0.4, -0.2) is 35.1 Å². The Labute approximate surface area is 122 Å². The van der Waals surface area contributed by atoms with E-state index >= 15 is 0 Å². The number of nitrogens with one attached hydrogen (secondary N) is 1. The normalized spacial score (nSPS) is 19.4. The molecule has 0 spiro atoms. The van der Waals surface area contributed by atoms with Crippen LogP contribution in [0.15, 0.2) is 18.2 Å². The van der Waals surface area contributed by atoms with Gasteiger partial charge in [-0.2, -0.15) is 0 Å². The van der Waals surface area contributed by atoms with Gasteiger partial charge in [0.15, 0.2) is 0 Å². The highest BCUT2D eigenvalue weighted by Gasteiger charge is 2.28. The first-order chi connectivity index (χ1) is 9.88. The van der Waals surface area contributed by atoms with Crippen LogP contribution in [0.25, 0.3) is 0 Å². The van der Waals surface area contributed by atoms with Crippen molar-refractivity contribution in [3.05, 3.63) is 33.9 Å². The summed E-state index contributed by atoms with van der Waals surface area (Å²) in [6.45, 7) is 4.23. The van der Waals surface area contributed by atoms with Crippen molar-refractivity contribution >= 4 is 17.3 Å². The monoisotopic (exact) mass is 293 g/mol. The molecule has 1 fully saturated rings. The van der Waals surface area contributed by atoms with Crippen LogP contribution in [0.4, 0.5) is 11.4 Å². The van der Waals surface area contributed by atoms with Crippen molar-refractivity contribution in [1.82, 2.24) is 5.32 Å². The zero-order chi connectivity index (χ0) is 15.6. The van der Waals surface area contributed by atoms with Crippen molar-refractivity contribution in [2.75, 3.05) is 18.0 Å². The smallest absolute Gasteiger partial charge is 0.292 e. The van der Waals surface area contributed by atoms with E-state index in [1.165, 1.54) is 13.0 Å². The molecule has 7 nitrogen and oxygen atoms in total. The number of nitrogens with zero attached hydrogens (tertiary/aromatic N) is 2. The summed E-state index contributed by atoms with van der Waals surface area (Å²) >= 11 is 0. The highest BCUT2D eigenvalue weighted by Crippen LogP contribution is 2.33. The molecule has 2 atom stereocenters. The largest absolute Gasteiger partial charge is 0.389 e. The molecule has 1 saturated heterocycles. The number of amides is 1. The number of anilines is 1. The summed E-state index contributed by atoms with van der Waals surface area (Å²) in [5.41, 5.74) is 1.03. The van der Waals surface area contributed by atoms with Gasteiger partial charge in [0.25, 0.3) is 5.69 Å². The van der Waals surface area contributed by atoms with Crippen LogP contribution in [0.2, 0.25) is 0 Å². The molecule has 0 radical (unpaired) electrons. The first-order valence-electron chi connectivity index (χ1n) is 6.87. The van der Waals surface area contributed by atoms with Gasteiger partial charge in [-0.1, -0.05) is 6.07 Å². The second-order valence-corrected chi connectivity index (χ2v) is 5.31. The van der Waals surface area contributed by atoms with E-state index in [-0.39, 0.29) is 17.6 Å². The molecule has 21 heavy (non-hydrogen) atoms. The number of nitro benzene ring substituents is 1. The molecule has 0 saturated carbocycles. The lowest BCUT2D eigenvalue weighted by molar-refractivity contribution is -0.384. The molecule has 1 amide bonds. The summed E-state index contributed by atoms with van der Waals surface area (Å²) < 4.78 is 0. The van der Waals surface area contributed by atoms with E-state index in [0.717, 1.165) is 6.42 Å². The number of benzene rings is 1. The molecule has 0 aromatic heterocycles. The second kappa shape index (κ2) is 6.09. The fraction of sp³-hybridized carbons (Fsp3) is 0.500. The Morgan fingerprint density at radius 1 is 1.57 bits per heavy atom. The molecule has 1 aliphatic rings. The maximum atomic E-state index is 11.2. The third-order valence-electron chi connectivity index (χ3n) is 3.61. The fourth-order valence-electron chi connectivity index (χ4n) is 2.60. The van der Waals surface area contributed by atoms with Crippen molar-refractivity contribution in [2.24, 2.45) is 0 Å². The maximum absolute atomic E-state index is 11.2. The maximum Gasteiger partial charge on any atom is 0.292 e. The Morgan fingerprint density at radius 3 is 2.86 bits per heavy atom. The molecule has 1 heterocycles. The van der Waals surface area contributed by atoms with Gasteiger partial charge in [-0.3, -0.25) is 14.9 Å². The van der Waals surface area contributed by atoms with Crippen LogP contribution in [0.5, 0.6) is 0 Å². The molecule has 7 heteroatoms. The third kappa shape index (κ3) is 3.49. The lowest BCUT2D eigenvalue weighted by Gasteiger charge is -2.19. The Hall–Kier alpha value is -2.15. The minimum absolute atomic E-state index is 0.0125. The summed E-state index contributed by atoms with van der Waals surface area (Å²) in [6, 6.07) is 4.78. The fourth-order valence-corrected chi connectivity index (χ4v) is 2.60. The van der Waals surface area contributed by atoms with E-state index < -0.39 is 11.0 Å². The number of carbonyl (C=O) groups excluding carboxylic acids is 1. The summed E-state index contributed by atoms with van der Waals surface area (Å²) in [6.07, 6.45) is 0.0120. The molecule has 0 aliphatic carbocycles. The van der Waals surface area contributed by atoms with Crippen LogP contribution in [0.3, 0.4) is 0 Å². The molecule has 114 valence electrons. The zero-order valence-corrected chi connectivity index (χ0v) is 12.1. The van der Waals surface area contributed by atoms with E-state index in [4.69, 9.17) is 0 Å². The Bertz CT molecular complexity index is 559. The lowest BCUT2D eigenvalue weighted by Crippen LogP contribution is -2.35. The van der Waals surface area contributed by atoms with Gasteiger partial charge in [-0.15, -0.1) is 0 Å². The number of carbonyl (C=O) groups is 1. The quantitative estimate of drug-likeness (QED) is 0.645. The van der Waals surface area contributed by atoms with Crippen LogP contribution in [0, 0.1) is 10.1 Å². The number of rotatable bonds is 4. The first-order valence-corrected chi connectivity index (χ1v) is 6.87. The van der Waals surface area contributed by atoms with Gasteiger partial charge in [-0.05, 0) is 25.0 Å². The second-order valence-electron chi connectivity index (χ2n) is 5.31. The first kappa shape index (κ1) is 15.2. The van der Waals surface area contributed by atoms with Gasteiger partial charge in [-0.25, -0.2) is 0 Å². The summed E-state index contributed by atoms with van der Waals surface area (Å²) in [7, 11) is 0. The van der Waals surface area contributed by atoms with Crippen molar-refractivity contribution < 1.29 is 14.8 Å². The van der Waals surface area contributed by atoms with Gasteiger partial charge in [0.2, 0.25) is 5.91 Å². The van der Waals surface area contributed by atoms with E-state index in [9.17, 15) is 20.0 Å². The van der Waals surface area contributed by atoms with Crippen molar-refractivity contribution in [3.8, 4) is 0 Å². The Morgan fingerprint density at radius 2 is 2.29 bits per heavy atom. The molecular formula is C14H19N3O4. The number of hydrogen-bond acceptors (Lipinski definition) is 5. The molecule has 1 aromatic carbocycles. The lowest BCUT2D eigenvalue weighted by atomic mass is 10.1. The van der Waals surface area contributed by atoms with Gasteiger partial charge in [0, 0.05) is 32.1 Å².